The van der Waals surface area contributed by atoms with Crippen LogP contribution in [0.3, 0.4) is 0 Å². The van der Waals surface area contributed by atoms with Crippen LogP contribution in [0.1, 0.15) is 16.9 Å². The lowest BCUT2D eigenvalue weighted by Gasteiger charge is -2.06. The molecule has 0 saturated carbocycles. The summed E-state index contributed by atoms with van der Waals surface area (Å²) >= 11 is 0. The number of rotatable bonds is 6. The third-order valence-corrected chi connectivity index (χ3v) is 4.53. The Hall–Kier alpha value is -3.54. The molecule has 0 fully saturated rings. The van der Waals surface area contributed by atoms with E-state index in [0.717, 1.165) is 18.5 Å². The van der Waals surface area contributed by atoms with Crippen LogP contribution in [0.15, 0.2) is 66.9 Å². The van der Waals surface area contributed by atoms with Gasteiger partial charge in [0.2, 0.25) is 0 Å². The molecule has 0 atom stereocenters. The molecule has 0 unspecified atom stereocenters. The second kappa shape index (κ2) is 7.37. The molecule has 3 N–H and O–H groups in total. The molecule has 1 amide bonds. The average molecular weight is 360 g/mol. The number of phenols is 1. The summed E-state index contributed by atoms with van der Waals surface area (Å²) in [7, 11) is 0. The number of hydrogen-bond donors (Lipinski definition) is 3. The van der Waals surface area contributed by atoms with E-state index < -0.39 is 0 Å². The molecule has 6 nitrogen and oxygen atoms in total. The fourth-order valence-corrected chi connectivity index (χ4v) is 3.10. The second-order valence-corrected chi connectivity index (χ2v) is 6.39. The maximum absolute atomic E-state index is 12.3. The minimum atomic E-state index is -0.176. The first kappa shape index (κ1) is 16.9. The van der Waals surface area contributed by atoms with E-state index in [2.05, 4.69) is 44.5 Å². The summed E-state index contributed by atoms with van der Waals surface area (Å²) in [5, 5.41) is 20.4. The molecular weight excluding hydrogens is 340 g/mol. The van der Waals surface area contributed by atoms with Crippen molar-refractivity contribution in [2.24, 2.45) is 0 Å². The van der Waals surface area contributed by atoms with E-state index in [1.54, 1.807) is 30.3 Å². The van der Waals surface area contributed by atoms with E-state index in [1.807, 2.05) is 12.1 Å². The molecule has 2 heterocycles. The van der Waals surface area contributed by atoms with Crippen molar-refractivity contribution >= 4 is 16.8 Å². The van der Waals surface area contributed by atoms with Gasteiger partial charge in [-0.1, -0.05) is 18.2 Å². The number of fused-ring (bicyclic) bond motifs is 1. The summed E-state index contributed by atoms with van der Waals surface area (Å²) in [5.41, 5.74) is 3.13. The van der Waals surface area contributed by atoms with Crippen LogP contribution in [0.4, 0.5) is 0 Å². The van der Waals surface area contributed by atoms with Crippen LogP contribution < -0.4 is 5.32 Å². The summed E-state index contributed by atoms with van der Waals surface area (Å²) < 4.78 is 2.20. The summed E-state index contributed by atoms with van der Waals surface area (Å²) in [6, 6.07) is 18.8. The van der Waals surface area contributed by atoms with Gasteiger partial charge in [0, 0.05) is 30.4 Å². The Balaban J connectivity index is 1.31. The van der Waals surface area contributed by atoms with Crippen molar-refractivity contribution in [1.82, 2.24) is 20.1 Å². The number of H-pyrrole nitrogens is 1. The van der Waals surface area contributed by atoms with Gasteiger partial charge in [0.15, 0.2) is 0 Å². The number of carbonyl (C=O) groups is 1. The van der Waals surface area contributed by atoms with Crippen LogP contribution in [-0.2, 0) is 6.54 Å². The van der Waals surface area contributed by atoms with E-state index in [0.29, 0.717) is 17.9 Å². The third-order valence-electron chi connectivity index (χ3n) is 4.53. The smallest absolute Gasteiger partial charge is 0.269 e. The zero-order valence-electron chi connectivity index (χ0n) is 14.7. The van der Waals surface area contributed by atoms with Gasteiger partial charge in [0.1, 0.15) is 11.4 Å². The number of aromatic hydroxyl groups is 1. The van der Waals surface area contributed by atoms with Gasteiger partial charge < -0.3 is 15.0 Å². The van der Waals surface area contributed by atoms with Crippen molar-refractivity contribution in [2.75, 3.05) is 6.54 Å². The van der Waals surface area contributed by atoms with Crippen molar-refractivity contribution in [2.45, 2.75) is 13.0 Å². The van der Waals surface area contributed by atoms with E-state index in [1.165, 1.54) is 10.9 Å². The van der Waals surface area contributed by atoms with Crippen LogP contribution in [-0.4, -0.2) is 32.3 Å². The first-order valence-electron chi connectivity index (χ1n) is 8.87. The summed E-state index contributed by atoms with van der Waals surface area (Å²) in [6.07, 6.45) is 2.91. The number of nitrogens with one attached hydrogen (secondary N) is 2. The van der Waals surface area contributed by atoms with Gasteiger partial charge in [0.05, 0.1) is 5.69 Å². The van der Waals surface area contributed by atoms with Gasteiger partial charge in [-0.05, 0) is 54.3 Å². The number of nitrogens with zero attached hydrogens (tertiary/aromatic N) is 2. The number of carbonyl (C=O) groups excluding carboxylic acids is 1. The fraction of sp³-hybridized carbons (Fsp3) is 0.143. The lowest BCUT2D eigenvalue weighted by Crippen LogP contribution is -2.25. The zero-order valence-corrected chi connectivity index (χ0v) is 14.7. The molecule has 0 aliphatic rings. The molecule has 0 aliphatic carbocycles. The molecule has 0 aliphatic heterocycles. The van der Waals surface area contributed by atoms with Crippen molar-refractivity contribution in [1.29, 1.82) is 0 Å². The normalized spacial score (nSPS) is 11.0. The van der Waals surface area contributed by atoms with Crippen LogP contribution in [0, 0.1) is 0 Å². The Bertz CT molecular complexity index is 1060. The maximum Gasteiger partial charge on any atom is 0.269 e. The van der Waals surface area contributed by atoms with Crippen LogP contribution >= 0.6 is 0 Å². The van der Waals surface area contributed by atoms with Crippen molar-refractivity contribution < 1.29 is 9.90 Å². The number of para-hydroxylation sites is 1. The van der Waals surface area contributed by atoms with Gasteiger partial charge in [-0.15, -0.1) is 0 Å². The largest absolute Gasteiger partial charge is 0.508 e. The van der Waals surface area contributed by atoms with Gasteiger partial charge in [-0.25, -0.2) is 0 Å². The third kappa shape index (κ3) is 3.69. The average Bonchev–Trinajstić information content (AvgIpc) is 3.33. The predicted octanol–water partition coefficient (Wildman–Crippen LogP) is 3.56. The number of benzene rings is 2. The minimum absolute atomic E-state index is 0.176. The Labute approximate surface area is 156 Å². The molecule has 4 rings (SSSR count). The maximum atomic E-state index is 12.3. The van der Waals surface area contributed by atoms with Crippen LogP contribution in [0.5, 0.6) is 5.75 Å². The molecular formula is C21H20N4O2. The molecule has 27 heavy (non-hydrogen) atoms. The summed E-state index contributed by atoms with van der Waals surface area (Å²) in [4.78, 5) is 12.3. The van der Waals surface area contributed by atoms with Gasteiger partial charge in [-0.2, -0.15) is 5.10 Å². The van der Waals surface area contributed by atoms with Crippen molar-refractivity contribution in [3.8, 4) is 17.0 Å². The first-order valence-corrected chi connectivity index (χ1v) is 8.87. The molecule has 136 valence electrons. The lowest BCUT2D eigenvalue weighted by molar-refractivity contribution is 0.0948. The minimum Gasteiger partial charge on any atom is -0.508 e. The van der Waals surface area contributed by atoms with E-state index in [-0.39, 0.29) is 11.7 Å². The molecule has 0 radical (unpaired) electrons. The highest BCUT2D eigenvalue weighted by Gasteiger charge is 2.10. The first-order chi connectivity index (χ1) is 13.2. The fourth-order valence-electron chi connectivity index (χ4n) is 3.10. The topological polar surface area (TPSA) is 82.9 Å². The number of aryl methyl sites for hydroxylation is 1. The van der Waals surface area contributed by atoms with E-state index >= 15 is 0 Å². The SMILES string of the molecule is O=C(NCCCn1ccc2ccccc21)c1cc(-c2ccc(O)cc2)n[nH]1. The Morgan fingerprint density at radius 3 is 2.78 bits per heavy atom. The lowest BCUT2D eigenvalue weighted by atomic mass is 10.1. The summed E-state index contributed by atoms with van der Waals surface area (Å²) in [6.45, 7) is 1.43. The zero-order chi connectivity index (χ0) is 18.6. The Morgan fingerprint density at radius 1 is 1.11 bits per heavy atom. The molecule has 0 spiro atoms. The highest BCUT2D eigenvalue weighted by molar-refractivity contribution is 5.93. The summed E-state index contributed by atoms with van der Waals surface area (Å²) in [5.74, 6) is 0.0209. The van der Waals surface area contributed by atoms with Crippen LogP contribution in [0.25, 0.3) is 22.2 Å². The number of aromatic nitrogens is 3. The molecule has 2 aromatic heterocycles. The van der Waals surface area contributed by atoms with Crippen molar-refractivity contribution in [3.63, 3.8) is 0 Å². The molecule has 4 aromatic rings. The number of aromatic amines is 1. The highest BCUT2D eigenvalue weighted by atomic mass is 16.3. The number of hydrogen-bond acceptors (Lipinski definition) is 3. The van der Waals surface area contributed by atoms with E-state index in [4.69, 9.17) is 0 Å². The molecule has 6 heteroatoms. The Morgan fingerprint density at radius 2 is 1.93 bits per heavy atom. The molecule has 0 saturated heterocycles. The highest BCUT2D eigenvalue weighted by Crippen LogP contribution is 2.20. The van der Waals surface area contributed by atoms with Crippen LogP contribution in [0.2, 0.25) is 0 Å². The van der Waals surface area contributed by atoms with Crippen molar-refractivity contribution in [3.05, 3.63) is 72.6 Å². The molecule has 2 aromatic carbocycles. The van der Waals surface area contributed by atoms with Gasteiger partial charge in [0.25, 0.3) is 5.91 Å². The Kier molecular flexibility index (Phi) is 4.61. The quantitative estimate of drug-likeness (QED) is 0.460. The predicted molar refractivity (Wildman–Crippen MR) is 105 cm³/mol. The monoisotopic (exact) mass is 360 g/mol. The second-order valence-electron chi connectivity index (χ2n) is 6.39. The number of amides is 1. The standard InChI is InChI=1S/C21H20N4O2/c26-17-8-6-15(7-9-17)18-14-19(24-23-18)21(27)22-11-3-12-25-13-10-16-4-1-2-5-20(16)25/h1-2,4-10,13-14,26H,3,11-12H2,(H,22,27)(H,23,24). The van der Waals surface area contributed by atoms with E-state index in [9.17, 15) is 9.90 Å². The van der Waals surface area contributed by atoms with Gasteiger partial charge >= 0.3 is 0 Å². The number of phenolic OH excluding ortho intramolecular Hbond substituents is 1. The molecule has 0 bridgehead atoms. The van der Waals surface area contributed by atoms with Gasteiger partial charge in [-0.3, -0.25) is 9.89 Å².